The first-order chi connectivity index (χ1) is 26.2. The minimum absolute atomic E-state index is 0.181. The number of amides is 1. The van der Waals surface area contributed by atoms with Crippen LogP contribution in [0.2, 0.25) is 0 Å². The molecule has 0 aromatic heterocycles. The molecule has 4 aromatic carbocycles. The number of carbonyl (C=O) groups is 2. The molecule has 1 N–H and O–H groups in total. The van der Waals surface area contributed by atoms with Crippen LogP contribution in [0.3, 0.4) is 0 Å². The standard InChI is InChI=1S/C44H53NO9/c1-44(2,3)54-43(47)45-36(42(46)48-4)25-26-37-39(50-28-33-19-11-6-12-20-33)41(52-30-35-23-15-8-16-24-35)40(51-29-34-21-13-7-14-22-34)38(53-37)31-49-27-32-17-9-5-10-18-32/h5-24,36-41H,25-31H2,1-4H3,(H,45,47)/t36-,37+,38+,39-,40+,41+/m0/s1. The molecule has 4 aromatic rings. The summed E-state index contributed by atoms with van der Waals surface area (Å²) < 4.78 is 44.1. The van der Waals surface area contributed by atoms with Crippen molar-refractivity contribution in [2.75, 3.05) is 13.7 Å². The third-order valence-corrected chi connectivity index (χ3v) is 8.90. The predicted octanol–water partition coefficient (Wildman–Crippen LogP) is 7.57. The number of ether oxygens (including phenoxy) is 7. The van der Waals surface area contributed by atoms with E-state index in [1.165, 1.54) is 7.11 Å². The number of benzene rings is 4. The maximum atomic E-state index is 13.0. The summed E-state index contributed by atoms with van der Waals surface area (Å²) in [4.78, 5) is 25.8. The Morgan fingerprint density at radius 3 is 1.50 bits per heavy atom. The summed E-state index contributed by atoms with van der Waals surface area (Å²) in [6.45, 7) is 6.77. The number of alkyl carbamates (subject to hydrolysis) is 1. The number of rotatable bonds is 18. The third-order valence-electron chi connectivity index (χ3n) is 8.90. The second kappa shape index (κ2) is 20.8. The number of carbonyl (C=O) groups excluding carboxylic acids is 2. The summed E-state index contributed by atoms with van der Waals surface area (Å²) in [5, 5.41) is 2.69. The van der Waals surface area contributed by atoms with Gasteiger partial charge >= 0.3 is 12.1 Å². The summed E-state index contributed by atoms with van der Waals surface area (Å²) in [6, 6.07) is 38.7. The quantitative estimate of drug-likeness (QED) is 0.103. The van der Waals surface area contributed by atoms with E-state index in [1.54, 1.807) is 20.8 Å². The van der Waals surface area contributed by atoms with Gasteiger partial charge < -0.3 is 38.5 Å². The molecule has 1 saturated heterocycles. The molecule has 288 valence electrons. The Hall–Kier alpha value is -4.58. The van der Waals surface area contributed by atoms with Gasteiger partial charge in [0.1, 0.15) is 36.1 Å². The molecule has 0 radical (unpaired) electrons. The van der Waals surface area contributed by atoms with Crippen LogP contribution in [-0.4, -0.2) is 67.9 Å². The predicted molar refractivity (Wildman–Crippen MR) is 204 cm³/mol. The Morgan fingerprint density at radius 2 is 1.06 bits per heavy atom. The number of hydrogen-bond donors (Lipinski definition) is 1. The van der Waals surface area contributed by atoms with Crippen LogP contribution in [0, 0.1) is 0 Å². The molecule has 0 spiro atoms. The van der Waals surface area contributed by atoms with E-state index in [-0.39, 0.29) is 19.6 Å². The van der Waals surface area contributed by atoms with Crippen LogP contribution in [0.4, 0.5) is 4.79 Å². The zero-order valence-electron chi connectivity index (χ0n) is 31.6. The van der Waals surface area contributed by atoms with Crippen molar-refractivity contribution >= 4 is 12.1 Å². The van der Waals surface area contributed by atoms with Crippen molar-refractivity contribution in [3.8, 4) is 0 Å². The summed E-state index contributed by atoms with van der Waals surface area (Å²) in [5.74, 6) is -0.595. The van der Waals surface area contributed by atoms with Crippen molar-refractivity contribution < 1.29 is 42.7 Å². The molecule has 6 atom stereocenters. The van der Waals surface area contributed by atoms with Gasteiger partial charge in [0.15, 0.2) is 0 Å². The molecule has 1 fully saturated rings. The minimum Gasteiger partial charge on any atom is -0.467 e. The minimum atomic E-state index is -0.994. The van der Waals surface area contributed by atoms with E-state index < -0.39 is 54.2 Å². The fraction of sp³-hybridized carbons (Fsp3) is 0.409. The second-order valence-electron chi connectivity index (χ2n) is 14.3. The van der Waals surface area contributed by atoms with Crippen LogP contribution >= 0.6 is 0 Å². The molecular formula is C44H53NO9. The first-order valence-electron chi connectivity index (χ1n) is 18.5. The van der Waals surface area contributed by atoms with E-state index in [0.717, 1.165) is 22.3 Å². The Bertz CT molecular complexity index is 1670. The lowest BCUT2D eigenvalue weighted by molar-refractivity contribution is -0.273. The molecule has 10 nitrogen and oxygen atoms in total. The first-order valence-corrected chi connectivity index (χ1v) is 18.5. The zero-order chi connectivity index (χ0) is 38.2. The van der Waals surface area contributed by atoms with Crippen LogP contribution in [0.15, 0.2) is 121 Å². The van der Waals surface area contributed by atoms with Gasteiger partial charge in [-0.1, -0.05) is 121 Å². The van der Waals surface area contributed by atoms with Crippen LogP contribution in [0.25, 0.3) is 0 Å². The lowest BCUT2D eigenvalue weighted by Gasteiger charge is -2.46. The van der Waals surface area contributed by atoms with E-state index in [2.05, 4.69) is 5.32 Å². The van der Waals surface area contributed by atoms with Gasteiger partial charge in [0.25, 0.3) is 0 Å². The van der Waals surface area contributed by atoms with Crippen LogP contribution in [-0.2, 0) is 64.4 Å². The fourth-order valence-corrected chi connectivity index (χ4v) is 6.29. The van der Waals surface area contributed by atoms with Crippen molar-refractivity contribution in [3.63, 3.8) is 0 Å². The van der Waals surface area contributed by atoms with Gasteiger partial charge in [-0.3, -0.25) is 0 Å². The molecular weight excluding hydrogens is 686 g/mol. The van der Waals surface area contributed by atoms with Crippen molar-refractivity contribution in [3.05, 3.63) is 144 Å². The summed E-state index contributed by atoms with van der Waals surface area (Å²) in [6.07, 6.45) is -3.25. The van der Waals surface area contributed by atoms with E-state index in [9.17, 15) is 9.59 Å². The first kappa shape index (κ1) is 40.6. The Labute approximate surface area is 319 Å². The average molecular weight is 740 g/mol. The largest absolute Gasteiger partial charge is 0.467 e. The van der Waals surface area contributed by atoms with Crippen LogP contribution in [0.1, 0.15) is 55.9 Å². The van der Waals surface area contributed by atoms with E-state index >= 15 is 0 Å². The molecule has 0 aliphatic carbocycles. The van der Waals surface area contributed by atoms with Crippen LogP contribution in [0.5, 0.6) is 0 Å². The number of nitrogens with one attached hydrogen (secondary N) is 1. The molecule has 1 aliphatic rings. The number of hydrogen-bond acceptors (Lipinski definition) is 9. The Morgan fingerprint density at radius 1 is 0.630 bits per heavy atom. The number of methoxy groups -OCH3 is 1. The van der Waals surface area contributed by atoms with Gasteiger partial charge in [-0.05, 0) is 55.9 Å². The molecule has 10 heteroatoms. The fourth-order valence-electron chi connectivity index (χ4n) is 6.29. The van der Waals surface area contributed by atoms with E-state index in [1.807, 2.05) is 121 Å². The summed E-state index contributed by atoms with van der Waals surface area (Å²) in [7, 11) is 1.29. The van der Waals surface area contributed by atoms with E-state index in [4.69, 9.17) is 33.2 Å². The smallest absolute Gasteiger partial charge is 0.408 e. The van der Waals surface area contributed by atoms with Crippen molar-refractivity contribution in [1.29, 1.82) is 0 Å². The highest BCUT2D eigenvalue weighted by atomic mass is 16.6. The lowest BCUT2D eigenvalue weighted by Crippen LogP contribution is -2.61. The highest BCUT2D eigenvalue weighted by molar-refractivity contribution is 5.81. The van der Waals surface area contributed by atoms with Crippen molar-refractivity contribution in [1.82, 2.24) is 5.32 Å². The molecule has 54 heavy (non-hydrogen) atoms. The number of esters is 1. The maximum absolute atomic E-state index is 13.0. The molecule has 1 heterocycles. The van der Waals surface area contributed by atoms with Gasteiger partial charge in [0.05, 0.1) is 46.2 Å². The SMILES string of the molecule is COC(=O)[C@H](CC[C@H]1O[C@H](COCc2ccccc2)[C@@H](OCc2ccccc2)[C@H](OCc2ccccc2)[C@H]1OCc1ccccc1)NC(=O)OC(C)(C)C. The molecule has 0 unspecified atom stereocenters. The molecule has 5 rings (SSSR count). The Balaban J connectivity index is 1.46. The molecule has 1 aliphatic heterocycles. The summed E-state index contributed by atoms with van der Waals surface area (Å²) in [5.41, 5.74) is 3.25. The topological polar surface area (TPSA) is 111 Å². The normalized spacial score (nSPS) is 20.5. The van der Waals surface area contributed by atoms with Gasteiger partial charge in [-0.2, -0.15) is 0 Å². The monoisotopic (exact) mass is 739 g/mol. The molecule has 0 bridgehead atoms. The molecule has 0 saturated carbocycles. The van der Waals surface area contributed by atoms with Gasteiger partial charge in [-0.25, -0.2) is 9.59 Å². The highest BCUT2D eigenvalue weighted by Gasteiger charge is 2.48. The van der Waals surface area contributed by atoms with Gasteiger partial charge in [-0.15, -0.1) is 0 Å². The average Bonchev–Trinajstić information content (AvgIpc) is 3.18. The highest BCUT2D eigenvalue weighted by Crippen LogP contribution is 2.33. The van der Waals surface area contributed by atoms with Gasteiger partial charge in [0, 0.05) is 0 Å². The zero-order valence-corrected chi connectivity index (χ0v) is 31.6. The Kier molecular flexibility index (Phi) is 15.6. The van der Waals surface area contributed by atoms with Crippen molar-refractivity contribution in [2.24, 2.45) is 0 Å². The van der Waals surface area contributed by atoms with E-state index in [0.29, 0.717) is 26.2 Å². The third kappa shape index (κ3) is 13.1. The van der Waals surface area contributed by atoms with Crippen molar-refractivity contribution in [2.45, 2.75) is 102 Å². The summed E-state index contributed by atoms with van der Waals surface area (Å²) >= 11 is 0. The maximum Gasteiger partial charge on any atom is 0.408 e. The van der Waals surface area contributed by atoms with Crippen LogP contribution < -0.4 is 5.32 Å². The second-order valence-corrected chi connectivity index (χ2v) is 14.3. The molecule has 1 amide bonds. The van der Waals surface area contributed by atoms with Gasteiger partial charge in [0.2, 0.25) is 0 Å². The lowest BCUT2D eigenvalue weighted by atomic mass is 9.90.